The third-order valence-corrected chi connectivity index (χ3v) is 7.28. The lowest BCUT2D eigenvalue weighted by Crippen LogP contribution is -2.29. The number of furan rings is 1. The summed E-state index contributed by atoms with van der Waals surface area (Å²) in [7, 11) is 0. The molecular weight excluding hydrogens is 504 g/mol. The van der Waals surface area contributed by atoms with Crippen LogP contribution in [-0.2, 0) is 16.1 Å². The molecule has 4 rings (SSSR count). The quantitative estimate of drug-likeness (QED) is 0.112. The van der Waals surface area contributed by atoms with Crippen molar-refractivity contribution in [2.75, 3.05) is 11.9 Å². The van der Waals surface area contributed by atoms with Gasteiger partial charge in [0.25, 0.3) is 0 Å². The molecule has 0 aliphatic heterocycles. The van der Waals surface area contributed by atoms with E-state index in [1.807, 2.05) is 48.5 Å². The van der Waals surface area contributed by atoms with E-state index in [1.54, 1.807) is 6.26 Å². The smallest absolute Gasteiger partial charge is 0.303 e. The van der Waals surface area contributed by atoms with Crippen LogP contribution < -0.4 is 10.1 Å². The first-order valence-corrected chi connectivity index (χ1v) is 14.0. The molecule has 0 amide bonds. The third kappa shape index (κ3) is 7.44. The molecule has 2 aromatic carbocycles. The van der Waals surface area contributed by atoms with Crippen molar-refractivity contribution >= 4 is 18.1 Å². The molecule has 210 valence electrons. The van der Waals surface area contributed by atoms with Gasteiger partial charge in [-0.05, 0) is 61.1 Å². The summed E-state index contributed by atoms with van der Waals surface area (Å²) in [4.78, 5) is 22.7. The highest BCUT2D eigenvalue weighted by Gasteiger charge is 2.19. The number of carboxylic acids is 1. The van der Waals surface area contributed by atoms with Gasteiger partial charge in [-0.15, -0.1) is 0 Å². The minimum Gasteiger partial charge on any atom is -0.493 e. The van der Waals surface area contributed by atoms with Crippen LogP contribution in [0.15, 0.2) is 83.5 Å². The molecule has 2 atom stereocenters. The summed E-state index contributed by atoms with van der Waals surface area (Å²) in [5.74, 6) is 1.91. The van der Waals surface area contributed by atoms with Gasteiger partial charge >= 0.3 is 5.97 Å². The summed E-state index contributed by atoms with van der Waals surface area (Å²) in [5, 5.41) is 12.3. The first kappa shape index (κ1) is 28.7. The third-order valence-electron chi connectivity index (χ3n) is 7.28. The number of aromatic nitrogens is 1. The summed E-state index contributed by atoms with van der Waals surface area (Å²) >= 11 is 0. The van der Waals surface area contributed by atoms with Crippen molar-refractivity contribution < 1.29 is 23.8 Å². The van der Waals surface area contributed by atoms with Crippen LogP contribution >= 0.6 is 0 Å². The summed E-state index contributed by atoms with van der Waals surface area (Å²) < 4.78 is 13.9. The van der Waals surface area contributed by atoms with Gasteiger partial charge in [0.05, 0.1) is 31.2 Å². The van der Waals surface area contributed by atoms with Gasteiger partial charge in [-0.2, -0.15) is 0 Å². The van der Waals surface area contributed by atoms with Gasteiger partial charge in [0.15, 0.2) is 0 Å². The van der Waals surface area contributed by atoms with Crippen molar-refractivity contribution in [1.82, 2.24) is 4.57 Å². The molecular formula is C33H38N2O5. The van der Waals surface area contributed by atoms with E-state index in [0.717, 1.165) is 65.3 Å². The average Bonchev–Trinajstić information content (AvgIpc) is 3.65. The molecule has 0 saturated heterocycles. The van der Waals surface area contributed by atoms with Gasteiger partial charge in [0.1, 0.15) is 23.6 Å². The minimum atomic E-state index is -0.765. The lowest BCUT2D eigenvalue weighted by molar-refractivity contribution is -0.137. The second-order valence-electron chi connectivity index (χ2n) is 10.1. The SMILES string of the molecule is CC[C@H](C)[C@@H](C=O)Nc1ccc(-c2ccc(-c3ccco3)cc2)n1Cc1ccccc1OCCCCCC(=O)O. The number of carboxylic acid groups (broad SMARTS) is 1. The number of hydrogen-bond donors (Lipinski definition) is 2. The van der Waals surface area contributed by atoms with Crippen molar-refractivity contribution in [2.45, 2.75) is 58.5 Å². The van der Waals surface area contributed by atoms with Crippen LogP contribution in [-0.4, -0.2) is 34.6 Å². The zero-order chi connectivity index (χ0) is 28.3. The maximum atomic E-state index is 12.0. The van der Waals surface area contributed by atoms with Crippen molar-refractivity contribution in [2.24, 2.45) is 5.92 Å². The summed E-state index contributed by atoms with van der Waals surface area (Å²) in [6, 6.07) is 23.9. The Morgan fingerprint density at radius 2 is 1.77 bits per heavy atom. The molecule has 2 heterocycles. The normalized spacial score (nSPS) is 12.6. The van der Waals surface area contributed by atoms with E-state index in [0.29, 0.717) is 19.6 Å². The molecule has 2 aromatic heterocycles. The lowest BCUT2D eigenvalue weighted by Gasteiger charge is -2.23. The number of carbonyl (C=O) groups excluding carboxylic acids is 1. The second kappa shape index (κ2) is 14.2. The largest absolute Gasteiger partial charge is 0.493 e. The zero-order valence-corrected chi connectivity index (χ0v) is 23.2. The fraction of sp³-hybridized carbons (Fsp3) is 0.333. The maximum Gasteiger partial charge on any atom is 0.303 e. The van der Waals surface area contributed by atoms with Crippen molar-refractivity contribution in [3.63, 3.8) is 0 Å². The van der Waals surface area contributed by atoms with Gasteiger partial charge in [0.2, 0.25) is 0 Å². The molecule has 0 bridgehead atoms. The molecule has 40 heavy (non-hydrogen) atoms. The monoisotopic (exact) mass is 542 g/mol. The number of hydrogen-bond acceptors (Lipinski definition) is 5. The summed E-state index contributed by atoms with van der Waals surface area (Å²) in [6.45, 7) is 5.23. The number of unbranched alkanes of at least 4 members (excludes halogenated alkanes) is 2. The van der Waals surface area contributed by atoms with Gasteiger partial charge in [-0.25, -0.2) is 0 Å². The van der Waals surface area contributed by atoms with E-state index in [1.165, 1.54) is 0 Å². The first-order valence-electron chi connectivity index (χ1n) is 14.0. The Kier molecular flexibility index (Phi) is 10.2. The molecule has 0 unspecified atom stereocenters. The molecule has 0 aliphatic rings. The number of nitrogens with one attached hydrogen (secondary N) is 1. The Morgan fingerprint density at radius 3 is 2.48 bits per heavy atom. The number of para-hydroxylation sites is 1. The first-order chi connectivity index (χ1) is 19.5. The predicted molar refractivity (Wildman–Crippen MR) is 158 cm³/mol. The van der Waals surface area contributed by atoms with Crippen LogP contribution in [0.4, 0.5) is 5.82 Å². The molecule has 0 fully saturated rings. The standard InChI is InChI=1S/C33H38N2O5/c1-3-24(2)28(23-36)34-32-19-18-29(25-14-16-26(17-15-25)30-12-9-21-40-30)35(32)22-27-10-6-7-11-31(27)39-20-8-4-5-13-33(37)38/h6-7,9-12,14-19,21,23-24,28,34H,3-5,8,13,20,22H2,1-2H3,(H,37,38)/t24-,28+/m0/s1. The molecule has 2 N–H and O–H groups in total. The molecule has 0 aliphatic carbocycles. The molecule has 0 radical (unpaired) electrons. The summed E-state index contributed by atoms with van der Waals surface area (Å²) in [5.41, 5.74) is 4.09. The van der Waals surface area contributed by atoms with Crippen molar-refractivity contribution in [1.29, 1.82) is 0 Å². The topological polar surface area (TPSA) is 93.7 Å². The Morgan fingerprint density at radius 1 is 1.00 bits per heavy atom. The van der Waals surface area contributed by atoms with Crippen LogP contribution in [0.2, 0.25) is 0 Å². The summed E-state index contributed by atoms with van der Waals surface area (Å²) in [6.07, 6.45) is 5.98. The van der Waals surface area contributed by atoms with E-state index >= 15 is 0 Å². The highest BCUT2D eigenvalue weighted by atomic mass is 16.5. The lowest BCUT2D eigenvalue weighted by atomic mass is 10.0. The van der Waals surface area contributed by atoms with Crippen molar-refractivity contribution in [3.8, 4) is 28.3 Å². The second-order valence-corrected chi connectivity index (χ2v) is 10.1. The molecule has 4 aromatic rings. The average molecular weight is 543 g/mol. The van der Waals surface area contributed by atoms with E-state index in [2.05, 4.69) is 48.0 Å². The van der Waals surface area contributed by atoms with Crippen LogP contribution in [0.1, 0.15) is 51.5 Å². The number of rotatable bonds is 16. The van der Waals surface area contributed by atoms with E-state index in [-0.39, 0.29) is 18.4 Å². The van der Waals surface area contributed by atoms with Crippen LogP contribution in [0.5, 0.6) is 5.75 Å². The Hall–Kier alpha value is -4.26. The Labute approximate surface area is 235 Å². The fourth-order valence-electron chi connectivity index (χ4n) is 4.68. The Bertz CT molecular complexity index is 1360. The molecule has 0 saturated carbocycles. The fourth-order valence-corrected chi connectivity index (χ4v) is 4.68. The van der Waals surface area contributed by atoms with E-state index in [4.69, 9.17) is 14.3 Å². The van der Waals surface area contributed by atoms with Crippen molar-refractivity contribution in [3.05, 3.63) is 84.6 Å². The number of benzene rings is 2. The number of aliphatic carboxylic acids is 1. The van der Waals surface area contributed by atoms with Gasteiger partial charge in [0, 0.05) is 17.5 Å². The highest BCUT2D eigenvalue weighted by molar-refractivity contribution is 5.71. The molecule has 7 nitrogen and oxygen atoms in total. The molecule has 7 heteroatoms. The molecule has 0 spiro atoms. The number of anilines is 1. The van der Waals surface area contributed by atoms with Gasteiger partial charge in [-0.1, -0.05) is 62.7 Å². The maximum absolute atomic E-state index is 12.0. The minimum absolute atomic E-state index is 0.184. The number of carbonyl (C=O) groups is 2. The predicted octanol–water partition coefficient (Wildman–Crippen LogP) is 7.51. The van der Waals surface area contributed by atoms with Crippen LogP contribution in [0.25, 0.3) is 22.6 Å². The zero-order valence-electron chi connectivity index (χ0n) is 23.2. The van der Waals surface area contributed by atoms with Crippen LogP contribution in [0, 0.1) is 5.92 Å². The highest BCUT2D eigenvalue weighted by Crippen LogP contribution is 2.31. The van der Waals surface area contributed by atoms with Gasteiger partial charge in [-0.3, -0.25) is 4.79 Å². The Balaban J connectivity index is 1.59. The van der Waals surface area contributed by atoms with Crippen LogP contribution in [0.3, 0.4) is 0 Å². The van der Waals surface area contributed by atoms with E-state index in [9.17, 15) is 9.59 Å². The van der Waals surface area contributed by atoms with Gasteiger partial charge < -0.3 is 28.9 Å². The number of ether oxygens (including phenoxy) is 1. The van der Waals surface area contributed by atoms with E-state index < -0.39 is 5.97 Å². The number of aldehydes is 1. The number of nitrogens with zero attached hydrogens (tertiary/aromatic N) is 1.